The van der Waals surface area contributed by atoms with Crippen molar-refractivity contribution in [1.29, 1.82) is 0 Å². The van der Waals surface area contributed by atoms with Crippen LogP contribution in [0.15, 0.2) is 48.9 Å². The lowest BCUT2D eigenvalue weighted by molar-refractivity contribution is 0.0398. The second kappa shape index (κ2) is 6.98. The van der Waals surface area contributed by atoms with Gasteiger partial charge in [0.15, 0.2) is 5.65 Å². The first-order valence-corrected chi connectivity index (χ1v) is 8.33. The third-order valence-corrected chi connectivity index (χ3v) is 4.30. The van der Waals surface area contributed by atoms with Crippen LogP contribution in [0.25, 0.3) is 16.9 Å². The largest absolute Gasteiger partial charge is 0.379 e. The maximum absolute atomic E-state index is 5.40. The third kappa shape index (κ3) is 3.11. The van der Waals surface area contributed by atoms with Crippen molar-refractivity contribution < 1.29 is 4.74 Å². The number of fused-ring (bicyclic) bond motifs is 1. The minimum absolute atomic E-state index is 0.830. The Labute approximate surface area is 141 Å². The highest BCUT2D eigenvalue weighted by Crippen LogP contribution is 2.28. The van der Waals surface area contributed by atoms with Crippen LogP contribution in [0, 0.1) is 0 Å². The molecule has 6 nitrogen and oxygen atoms in total. The van der Waals surface area contributed by atoms with Crippen molar-refractivity contribution in [2.24, 2.45) is 0 Å². The number of hydrogen-bond acceptors (Lipinski definition) is 5. The van der Waals surface area contributed by atoms with E-state index in [1.165, 1.54) is 0 Å². The van der Waals surface area contributed by atoms with E-state index in [0.717, 1.165) is 62.1 Å². The van der Waals surface area contributed by atoms with Crippen LogP contribution >= 0.6 is 0 Å². The van der Waals surface area contributed by atoms with E-state index in [0.29, 0.717) is 0 Å². The van der Waals surface area contributed by atoms with Gasteiger partial charge in [-0.1, -0.05) is 30.3 Å². The molecule has 1 saturated heterocycles. The molecule has 1 N–H and O–H groups in total. The van der Waals surface area contributed by atoms with Crippen molar-refractivity contribution in [3.05, 3.63) is 48.9 Å². The summed E-state index contributed by atoms with van der Waals surface area (Å²) in [5, 5.41) is 3.57. The highest BCUT2D eigenvalue weighted by atomic mass is 16.5. The molecule has 2 aromatic heterocycles. The monoisotopic (exact) mass is 323 g/mol. The topological polar surface area (TPSA) is 54.7 Å². The predicted octanol–water partition coefficient (Wildman–Crippen LogP) is 2.14. The van der Waals surface area contributed by atoms with Gasteiger partial charge in [-0.05, 0) is 0 Å². The van der Waals surface area contributed by atoms with Gasteiger partial charge in [0.05, 0.1) is 19.4 Å². The van der Waals surface area contributed by atoms with Crippen molar-refractivity contribution in [3.63, 3.8) is 0 Å². The Balaban J connectivity index is 1.58. The second-order valence-corrected chi connectivity index (χ2v) is 5.86. The van der Waals surface area contributed by atoms with Crippen molar-refractivity contribution in [2.45, 2.75) is 0 Å². The summed E-state index contributed by atoms with van der Waals surface area (Å²) in [6.45, 7) is 5.54. The van der Waals surface area contributed by atoms with E-state index in [-0.39, 0.29) is 0 Å². The molecule has 1 aliphatic rings. The number of aromatic nitrogens is 3. The third-order valence-electron chi connectivity index (χ3n) is 4.30. The minimum atomic E-state index is 0.830. The van der Waals surface area contributed by atoms with Gasteiger partial charge in [-0.2, -0.15) is 0 Å². The maximum atomic E-state index is 5.40. The Kier molecular flexibility index (Phi) is 4.40. The van der Waals surface area contributed by atoms with E-state index in [9.17, 15) is 0 Å². The summed E-state index contributed by atoms with van der Waals surface area (Å²) in [4.78, 5) is 11.4. The number of morpholine rings is 1. The molecule has 124 valence electrons. The van der Waals surface area contributed by atoms with Gasteiger partial charge < -0.3 is 10.1 Å². The summed E-state index contributed by atoms with van der Waals surface area (Å²) in [7, 11) is 0. The van der Waals surface area contributed by atoms with Gasteiger partial charge in [-0.25, -0.2) is 4.98 Å². The molecular formula is C18H21N5O. The molecule has 0 spiro atoms. The van der Waals surface area contributed by atoms with Crippen LogP contribution in [0.1, 0.15) is 0 Å². The van der Waals surface area contributed by atoms with Crippen molar-refractivity contribution in [1.82, 2.24) is 19.3 Å². The Morgan fingerprint density at radius 2 is 1.96 bits per heavy atom. The SMILES string of the molecule is c1ccc(-c2nc3cnccn3c2NCCN2CCOCC2)cc1. The van der Waals surface area contributed by atoms with Crippen molar-refractivity contribution >= 4 is 11.5 Å². The van der Waals surface area contributed by atoms with Gasteiger partial charge in [-0.15, -0.1) is 0 Å². The van der Waals surface area contributed by atoms with Gasteiger partial charge in [0.2, 0.25) is 0 Å². The highest BCUT2D eigenvalue weighted by molar-refractivity contribution is 5.76. The van der Waals surface area contributed by atoms with Gasteiger partial charge in [-0.3, -0.25) is 14.3 Å². The molecule has 1 fully saturated rings. The van der Waals surface area contributed by atoms with Crippen LogP contribution < -0.4 is 5.32 Å². The van der Waals surface area contributed by atoms with Gasteiger partial charge in [0.25, 0.3) is 0 Å². The van der Waals surface area contributed by atoms with Crippen molar-refractivity contribution in [2.75, 3.05) is 44.7 Å². The number of imidazole rings is 1. The fourth-order valence-electron chi connectivity index (χ4n) is 3.03. The lowest BCUT2D eigenvalue weighted by Crippen LogP contribution is -2.39. The van der Waals surface area contributed by atoms with E-state index >= 15 is 0 Å². The predicted molar refractivity (Wildman–Crippen MR) is 94.2 cm³/mol. The molecule has 0 unspecified atom stereocenters. The lowest BCUT2D eigenvalue weighted by atomic mass is 10.1. The summed E-state index contributed by atoms with van der Waals surface area (Å²) in [5.41, 5.74) is 2.92. The van der Waals surface area contributed by atoms with Gasteiger partial charge in [0, 0.05) is 44.1 Å². The number of anilines is 1. The van der Waals surface area contributed by atoms with Crippen LogP contribution in [0.4, 0.5) is 5.82 Å². The molecule has 3 heterocycles. The minimum Gasteiger partial charge on any atom is -0.379 e. The molecule has 1 aliphatic heterocycles. The Morgan fingerprint density at radius 3 is 2.79 bits per heavy atom. The molecule has 0 atom stereocenters. The standard InChI is InChI=1S/C18H21N5O/c1-2-4-15(5-3-1)17-18(23-9-6-19-14-16(23)21-17)20-7-8-22-10-12-24-13-11-22/h1-6,9,14,20H,7-8,10-13H2. The molecule has 0 saturated carbocycles. The lowest BCUT2D eigenvalue weighted by Gasteiger charge is -2.26. The number of benzene rings is 1. The first kappa shape index (κ1) is 15.1. The summed E-state index contributed by atoms with van der Waals surface area (Å²) in [5.74, 6) is 1.02. The molecule has 1 aromatic carbocycles. The average Bonchev–Trinajstić information content (AvgIpc) is 3.02. The van der Waals surface area contributed by atoms with E-state index in [1.807, 2.05) is 24.4 Å². The zero-order chi connectivity index (χ0) is 16.2. The zero-order valence-corrected chi connectivity index (χ0v) is 13.6. The molecule has 24 heavy (non-hydrogen) atoms. The molecule has 0 amide bonds. The van der Waals surface area contributed by atoms with Crippen LogP contribution in [0.5, 0.6) is 0 Å². The molecule has 0 aliphatic carbocycles. The summed E-state index contributed by atoms with van der Waals surface area (Å²) < 4.78 is 7.47. The van der Waals surface area contributed by atoms with Crippen LogP contribution in [0.2, 0.25) is 0 Å². The summed E-state index contributed by atoms with van der Waals surface area (Å²) >= 11 is 0. The fourth-order valence-corrected chi connectivity index (χ4v) is 3.03. The number of ether oxygens (including phenoxy) is 1. The fraction of sp³-hybridized carbons (Fsp3) is 0.333. The number of nitrogens with zero attached hydrogens (tertiary/aromatic N) is 4. The Bertz CT molecular complexity index is 796. The first-order valence-electron chi connectivity index (χ1n) is 8.33. The molecule has 0 radical (unpaired) electrons. The van der Waals surface area contributed by atoms with Crippen LogP contribution in [0.3, 0.4) is 0 Å². The quantitative estimate of drug-likeness (QED) is 0.780. The normalized spacial score (nSPS) is 15.7. The number of nitrogens with one attached hydrogen (secondary N) is 1. The van der Waals surface area contributed by atoms with Gasteiger partial charge >= 0.3 is 0 Å². The van der Waals surface area contributed by atoms with Crippen molar-refractivity contribution in [3.8, 4) is 11.3 Å². The molecule has 4 rings (SSSR count). The number of hydrogen-bond donors (Lipinski definition) is 1. The van der Waals surface area contributed by atoms with E-state index in [1.54, 1.807) is 12.4 Å². The van der Waals surface area contributed by atoms with E-state index < -0.39 is 0 Å². The van der Waals surface area contributed by atoms with Crippen LogP contribution in [-0.4, -0.2) is 58.7 Å². The second-order valence-electron chi connectivity index (χ2n) is 5.86. The maximum Gasteiger partial charge on any atom is 0.157 e. The Hall–Kier alpha value is -2.44. The van der Waals surface area contributed by atoms with Crippen LogP contribution in [-0.2, 0) is 4.74 Å². The molecule has 0 bridgehead atoms. The average molecular weight is 323 g/mol. The van der Waals surface area contributed by atoms with E-state index in [4.69, 9.17) is 9.72 Å². The summed E-state index contributed by atoms with van der Waals surface area (Å²) in [6.07, 6.45) is 5.53. The smallest absolute Gasteiger partial charge is 0.157 e. The molecule has 3 aromatic rings. The highest BCUT2D eigenvalue weighted by Gasteiger charge is 2.15. The summed E-state index contributed by atoms with van der Waals surface area (Å²) in [6, 6.07) is 10.3. The van der Waals surface area contributed by atoms with E-state index in [2.05, 4.69) is 31.7 Å². The number of rotatable bonds is 5. The zero-order valence-electron chi connectivity index (χ0n) is 13.6. The molecule has 6 heteroatoms. The first-order chi connectivity index (χ1) is 11.9. The van der Waals surface area contributed by atoms with Gasteiger partial charge in [0.1, 0.15) is 11.5 Å². The Morgan fingerprint density at radius 1 is 1.12 bits per heavy atom. The molecular weight excluding hydrogens is 302 g/mol.